The van der Waals surface area contributed by atoms with Crippen molar-refractivity contribution in [2.45, 2.75) is 13.0 Å². The van der Waals surface area contributed by atoms with Gasteiger partial charge in [0.25, 0.3) is 5.56 Å². The highest BCUT2D eigenvalue weighted by molar-refractivity contribution is 5.97. The van der Waals surface area contributed by atoms with E-state index in [0.717, 1.165) is 29.8 Å². The van der Waals surface area contributed by atoms with Crippen LogP contribution >= 0.6 is 12.4 Å². The maximum absolute atomic E-state index is 13.0. The Hall–Kier alpha value is -3.33. The minimum absolute atomic E-state index is 0. The molecule has 1 atom stereocenters. The number of carbonyl (C=O) groups is 1. The van der Waals surface area contributed by atoms with Crippen LogP contribution < -0.4 is 21.5 Å². The largest absolute Gasteiger partial charge is 0.389 e. The van der Waals surface area contributed by atoms with Gasteiger partial charge >= 0.3 is 5.69 Å². The van der Waals surface area contributed by atoms with Gasteiger partial charge in [0, 0.05) is 50.6 Å². The first-order valence-corrected chi connectivity index (χ1v) is 9.93. The summed E-state index contributed by atoms with van der Waals surface area (Å²) in [5.41, 5.74) is 1.30. The number of imidazole rings is 1. The van der Waals surface area contributed by atoms with E-state index in [1.165, 1.54) is 11.6 Å². The summed E-state index contributed by atoms with van der Waals surface area (Å²) in [6.45, 7) is 1.58. The molecule has 10 heteroatoms. The molecular formula is C21H23ClN6O3. The predicted octanol–water partition coefficient (Wildman–Crippen LogP) is 1.01. The van der Waals surface area contributed by atoms with E-state index >= 15 is 0 Å². The molecule has 0 radical (unpaired) electrons. The molecule has 2 aliphatic heterocycles. The van der Waals surface area contributed by atoms with Crippen molar-refractivity contribution in [2.24, 2.45) is 20.0 Å². The number of nitrogens with zero attached hydrogens (tertiary/aromatic N) is 5. The number of benzene rings is 1. The molecule has 0 bridgehead atoms. The van der Waals surface area contributed by atoms with Crippen molar-refractivity contribution < 1.29 is 4.79 Å². The van der Waals surface area contributed by atoms with Crippen molar-refractivity contribution in [3.05, 3.63) is 68.6 Å². The van der Waals surface area contributed by atoms with Crippen LogP contribution in [0, 0.1) is 5.92 Å². The van der Waals surface area contributed by atoms with Gasteiger partial charge in [-0.15, -0.1) is 12.4 Å². The van der Waals surface area contributed by atoms with Crippen LogP contribution in [0.3, 0.4) is 0 Å². The van der Waals surface area contributed by atoms with Gasteiger partial charge in [0.15, 0.2) is 16.9 Å². The molecule has 1 aromatic carbocycles. The number of fused-ring (bicyclic) bond motifs is 2. The lowest BCUT2D eigenvalue weighted by Gasteiger charge is -2.20. The number of carbonyl (C=O) groups excluding carboxylic acids is 1. The maximum Gasteiger partial charge on any atom is 0.332 e. The highest BCUT2D eigenvalue weighted by atomic mass is 35.5. The van der Waals surface area contributed by atoms with Gasteiger partial charge in [0.05, 0.1) is 6.54 Å². The fraction of sp³-hybridized carbons (Fsp3) is 0.333. The summed E-state index contributed by atoms with van der Waals surface area (Å²) in [7, 11) is 3.03. The minimum Gasteiger partial charge on any atom is -0.389 e. The van der Waals surface area contributed by atoms with E-state index in [2.05, 4.69) is 10.3 Å². The molecule has 0 amide bonds. The van der Waals surface area contributed by atoms with Gasteiger partial charge in [-0.25, -0.2) is 4.79 Å². The fourth-order valence-electron chi connectivity index (χ4n) is 4.36. The molecule has 162 valence electrons. The second-order valence-corrected chi connectivity index (χ2v) is 7.78. The Bertz CT molecular complexity index is 1320. The number of anilines is 1. The predicted molar refractivity (Wildman–Crippen MR) is 120 cm³/mol. The third kappa shape index (κ3) is 3.16. The third-order valence-corrected chi connectivity index (χ3v) is 6.01. The van der Waals surface area contributed by atoms with Crippen LogP contribution in [0.5, 0.6) is 0 Å². The number of nitrogens with one attached hydrogen (secondary N) is 1. The van der Waals surface area contributed by atoms with Gasteiger partial charge in [0.1, 0.15) is 0 Å². The summed E-state index contributed by atoms with van der Waals surface area (Å²) >= 11 is 0. The molecule has 0 spiro atoms. The molecule has 1 unspecified atom stereocenters. The average Bonchev–Trinajstić information content (AvgIpc) is 3.46. The first-order valence-electron chi connectivity index (χ1n) is 9.93. The summed E-state index contributed by atoms with van der Waals surface area (Å²) in [5, 5.41) is 3.26. The van der Waals surface area contributed by atoms with Crippen LogP contribution in [0.25, 0.3) is 11.2 Å². The smallest absolute Gasteiger partial charge is 0.332 e. The number of hydrogen-bond acceptors (Lipinski definition) is 6. The van der Waals surface area contributed by atoms with Gasteiger partial charge in [-0.2, -0.15) is 4.98 Å². The van der Waals surface area contributed by atoms with Gasteiger partial charge in [-0.1, -0.05) is 30.3 Å². The molecule has 9 nitrogen and oxygen atoms in total. The SMILES string of the molecule is Cl.Cn1c(=O)c2c(nc(N3CCC4CNC=C43)n2CC(=O)c2ccccc2)n(C)c1=O. The van der Waals surface area contributed by atoms with Crippen LogP contribution in [-0.4, -0.2) is 37.6 Å². The number of hydrogen-bond donors (Lipinski definition) is 1. The monoisotopic (exact) mass is 442 g/mol. The van der Waals surface area contributed by atoms with E-state index in [-0.39, 0.29) is 35.9 Å². The molecule has 2 aromatic heterocycles. The van der Waals surface area contributed by atoms with Crippen LogP contribution in [0.2, 0.25) is 0 Å². The topological polar surface area (TPSA) is 94.2 Å². The van der Waals surface area contributed by atoms with Crippen molar-refractivity contribution in [1.82, 2.24) is 24.0 Å². The Balaban J connectivity index is 0.00000231. The average molecular weight is 443 g/mol. The van der Waals surface area contributed by atoms with Crippen molar-refractivity contribution >= 4 is 35.3 Å². The first kappa shape index (κ1) is 20.9. The van der Waals surface area contributed by atoms with Crippen molar-refractivity contribution in [2.75, 3.05) is 18.0 Å². The standard InChI is InChI=1S/C21H22N6O3.ClH/c1-24-18-17(19(29)25(2)21(24)30)27(12-16(28)13-6-4-3-5-7-13)20(23-18)26-9-8-14-10-22-11-15(14)26;/h3-7,11,14,22H,8-10,12H2,1-2H3;1H. The van der Waals surface area contributed by atoms with Crippen molar-refractivity contribution in [1.29, 1.82) is 0 Å². The van der Waals surface area contributed by atoms with E-state index in [0.29, 0.717) is 17.4 Å². The van der Waals surface area contributed by atoms with Gasteiger partial charge in [0.2, 0.25) is 5.95 Å². The molecule has 31 heavy (non-hydrogen) atoms. The molecule has 4 heterocycles. The molecular weight excluding hydrogens is 420 g/mol. The van der Waals surface area contributed by atoms with Gasteiger partial charge in [-0.3, -0.25) is 23.3 Å². The molecule has 0 aliphatic carbocycles. The molecule has 2 aliphatic rings. The molecule has 5 rings (SSSR count). The van der Waals surface area contributed by atoms with Gasteiger partial charge in [-0.05, 0) is 6.42 Å². The number of aromatic nitrogens is 4. The molecule has 3 aromatic rings. The molecule has 0 saturated carbocycles. The van der Waals surface area contributed by atoms with Crippen LogP contribution in [0.15, 0.2) is 51.8 Å². The highest BCUT2D eigenvalue weighted by Crippen LogP contribution is 2.35. The van der Waals surface area contributed by atoms with Crippen LogP contribution in [-0.2, 0) is 20.6 Å². The summed E-state index contributed by atoms with van der Waals surface area (Å²) < 4.78 is 4.08. The Morgan fingerprint density at radius 3 is 2.65 bits per heavy atom. The molecule has 1 fully saturated rings. The molecule has 1 N–H and O–H groups in total. The minimum atomic E-state index is -0.456. The van der Waals surface area contributed by atoms with E-state index in [4.69, 9.17) is 0 Å². The molecule has 1 saturated heterocycles. The Kier molecular flexibility index (Phi) is 5.22. The van der Waals surface area contributed by atoms with Crippen molar-refractivity contribution in [3.63, 3.8) is 0 Å². The second-order valence-electron chi connectivity index (χ2n) is 7.78. The highest BCUT2D eigenvalue weighted by Gasteiger charge is 2.35. The Morgan fingerprint density at radius 1 is 1.16 bits per heavy atom. The number of aryl methyl sites for hydroxylation is 1. The number of rotatable bonds is 4. The Labute approximate surface area is 184 Å². The lowest BCUT2D eigenvalue weighted by atomic mass is 10.1. The number of ketones is 1. The number of halogens is 1. The van der Waals surface area contributed by atoms with Crippen molar-refractivity contribution in [3.8, 4) is 0 Å². The van der Waals surface area contributed by atoms with Gasteiger partial charge < -0.3 is 10.2 Å². The number of Topliss-reactive ketones (excluding diaryl/α,β-unsaturated/α-hetero) is 1. The lowest BCUT2D eigenvalue weighted by molar-refractivity contribution is 0.0973. The summed E-state index contributed by atoms with van der Waals surface area (Å²) in [5.74, 6) is 0.779. The summed E-state index contributed by atoms with van der Waals surface area (Å²) in [6, 6.07) is 8.98. The van der Waals surface area contributed by atoms with Crippen LogP contribution in [0.4, 0.5) is 5.95 Å². The van der Waals surface area contributed by atoms with E-state index < -0.39 is 11.2 Å². The zero-order chi connectivity index (χ0) is 21.0. The van der Waals surface area contributed by atoms with E-state index in [1.807, 2.05) is 29.3 Å². The Morgan fingerprint density at radius 2 is 1.90 bits per heavy atom. The first-order chi connectivity index (χ1) is 14.5. The summed E-state index contributed by atoms with van der Waals surface area (Å²) in [4.78, 5) is 45.2. The third-order valence-electron chi connectivity index (χ3n) is 6.01. The lowest BCUT2D eigenvalue weighted by Crippen LogP contribution is -2.37. The zero-order valence-electron chi connectivity index (χ0n) is 17.2. The quantitative estimate of drug-likeness (QED) is 0.606. The maximum atomic E-state index is 13.0. The fourth-order valence-corrected chi connectivity index (χ4v) is 4.36. The zero-order valence-corrected chi connectivity index (χ0v) is 18.1. The van der Waals surface area contributed by atoms with Crippen LogP contribution in [0.1, 0.15) is 16.8 Å². The van der Waals surface area contributed by atoms with E-state index in [1.54, 1.807) is 23.7 Å². The van der Waals surface area contributed by atoms with E-state index in [9.17, 15) is 14.4 Å². The second kappa shape index (κ2) is 7.73. The summed E-state index contributed by atoms with van der Waals surface area (Å²) in [6.07, 6.45) is 2.93. The normalized spacial score (nSPS) is 17.3.